The molecular formula is C18H28N2O2. The number of aliphatic hydroxyl groups is 1. The summed E-state index contributed by atoms with van der Waals surface area (Å²) in [7, 11) is 0. The fourth-order valence-corrected chi connectivity index (χ4v) is 1.60. The van der Waals surface area contributed by atoms with Gasteiger partial charge in [-0.2, -0.15) is 0 Å². The van der Waals surface area contributed by atoms with Crippen molar-refractivity contribution in [1.82, 2.24) is 10.2 Å². The lowest BCUT2D eigenvalue weighted by molar-refractivity contribution is -0.121. The molecular weight excluding hydrogens is 276 g/mol. The Bertz CT molecular complexity index is 448. The molecule has 0 aromatic rings. The van der Waals surface area contributed by atoms with Gasteiger partial charge in [0.15, 0.2) is 0 Å². The smallest absolute Gasteiger partial charge is 0.220 e. The maximum atomic E-state index is 11.0. The van der Waals surface area contributed by atoms with Crippen molar-refractivity contribution in [2.45, 2.75) is 39.5 Å². The molecule has 0 spiro atoms. The van der Waals surface area contributed by atoms with E-state index in [1.807, 2.05) is 55.5 Å². The van der Waals surface area contributed by atoms with E-state index >= 15 is 0 Å². The van der Waals surface area contributed by atoms with Gasteiger partial charge in [-0.1, -0.05) is 32.2 Å². The summed E-state index contributed by atoms with van der Waals surface area (Å²) in [4.78, 5) is 12.9. The molecule has 0 saturated heterocycles. The molecule has 1 aliphatic rings. The third kappa shape index (κ3) is 10.5. The Hall–Kier alpha value is -2.23. The van der Waals surface area contributed by atoms with Crippen LogP contribution in [0, 0.1) is 0 Å². The molecule has 0 radical (unpaired) electrons. The Morgan fingerprint density at radius 1 is 1.41 bits per heavy atom. The zero-order chi connectivity index (χ0) is 16.8. The summed E-state index contributed by atoms with van der Waals surface area (Å²) in [5.41, 5.74) is 1.00. The number of allylic oxidation sites excluding steroid dienone is 5. The molecule has 1 aliphatic heterocycles. The fourth-order valence-electron chi connectivity index (χ4n) is 1.60. The fraction of sp³-hybridized carbons (Fsp3) is 0.389. The number of nitrogens with one attached hydrogen (secondary N) is 1. The molecule has 0 fully saturated rings. The number of carbonyl (C=O) groups excluding carboxylic acids is 1. The number of hydrogen-bond donors (Lipinski definition) is 2. The van der Waals surface area contributed by atoms with E-state index in [0.29, 0.717) is 19.3 Å². The van der Waals surface area contributed by atoms with Crippen molar-refractivity contribution in [2.75, 3.05) is 6.54 Å². The van der Waals surface area contributed by atoms with E-state index in [2.05, 4.69) is 18.5 Å². The van der Waals surface area contributed by atoms with Gasteiger partial charge in [-0.25, -0.2) is 0 Å². The first-order valence-electron chi connectivity index (χ1n) is 7.59. The average molecular weight is 304 g/mol. The number of amides is 1. The largest absolute Gasteiger partial charge is 0.513 e. The molecule has 0 aromatic carbocycles. The number of nitrogens with zero attached hydrogens (tertiary/aromatic N) is 1. The summed E-state index contributed by atoms with van der Waals surface area (Å²) in [6.45, 7) is 11.9. The maximum absolute atomic E-state index is 11.0. The lowest BCUT2D eigenvalue weighted by Crippen LogP contribution is -2.23. The summed E-state index contributed by atoms with van der Waals surface area (Å²) < 4.78 is 0. The van der Waals surface area contributed by atoms with E-state index in [1.165, 1.54) is 0 Å². The predicted octanol–water partition coefficient (Wildman–Crippen LogP) is 4.17. The molecule has 22 heavy (non-hydrogen) atoms. The Balaban J connectivity index is 0.000000406. The Morgan fingerprint density at radius 2 is 2.14 bits per heavy atom. The van der Waals surface area contributed by atoms with E-state index in [1.54, 1.807) is 0 Å². The third-order valence-corrected chi connectivity index (χ3v) is 2.73. The van der Waals surface area contributed by atoms with Crippen LogP contribution in [0.25, 0.3) is 0 Å². The van der Waals surface area contributed by atoms with Gasteiger partial charge < -0.3 is 15.3 Å². The summed E-state index contributed by atoms with van der Waals surface area (Å²) in [5.74, 6) is 0.205. The topological polar surface area (TPSA) is 52.6 Å². The minimum atomic E-state index is 0.0538. The molecule has 1 amide bonds. The molecule has 0 aromatic heterocycles. The molecule has 0 bridgehead atoms. The van der Waals surface area contributed by atoms with Crippen LogP contribution in [0.5, 0.6) is 0 Å². The standard InChI is InChI=1S/C9H17NO2.C9H11N/c1-3-7-10-9(12)6-4-5-8(2)11;1-3-7-10-8-5-4-6-9(10)2/h11H,2-7H2,1H3,(H,10,12);3-8H,2H2,1H3/b;7-3-. The van der Waals surface area contributed by atoms with Gasteiger partial charge in [-0.05, 0) is 31.9 Å². The molecule has 1 rings (SSSR count). The van der Waals surface area contributed by atoms with Crippen molar-refractivity contribution >= 4 is 5.91 Å². The molecule has 2 N–H and O–H groups in total. The van der Waals surface area contributed by atoms with Crippen molar-refractivity contribution in [2.24, 2.45) is 0 Å². The first-order valence-corrected chi connectivity index (χ1v) is 7.59. The van der Waals surface area contributed by atoms with E-state index in [-0.39, 0.29) is 11.7 Å². The van der Waals surface area contributed by atoms with Crippen LogP contribution >= 0.6 is 0 Å². The van der Waals surface area contributed by atoms with Gasteiger partial charge in [0.25, 0.3) is 0 Å². The quantitative estimate of drug-likeness (QED) is 0.694. The van der Waals surface area contributed by atoms with Gasteiger partial charge >= 0.3 is 0 Å². The number of rotatable bonds is 7. The average Bonchev–Trinajstić information content (AvgIpc) is 2.48. The Labute approximate surface area is 134 Å². The van der Waals surface area contributed by atoms with Gasteiger partial charge in [0.05, 0.1) is 5.76 Å². The number of aliphatic hydroxyl groups excluding tert-OH is 1. The highest BCUT2D eigenvalue weighted by Crippen LogP contribution is 2.09. The van der Waals surface area contributed by atoms with Crippen LogP contribution in [0.2, 0.25) is 0 Å². The lowest BCUT2D eigenvalue weighted by Gasteiger charge is -2.17. The van der Waals surface area contributed by atoms with Crippen molar-refractivity contribution < 1.29 is 9.90 Å². The Kier molecular flexibility index (Phi) is 11.2. The summed E-state index contributed by atoms with van der Waals surface area (Å²) in [5, 5.41) is 11.5. The third-order valence-electron chi connectivity index (χ3n) is 2.73. The van der Waals surface area contributed by atoms with Crippen LogP contribution in [-0.4, -0.2) is 22.5 Å². The van der Waals surface area contributed by atoms with Crippen molar-refractivity contribution in [3.8, 4) is 0 Å². The molecule has 4 nitrogen and oxygen atoms in total. The predicted molar refractivity (Wildman–Crippen MR) is 93.0 cm³/mol. The Morgan fingerprint density at radius 3 is 2.68 bits per heavy atom. The molecule has 0 aliphatic carbocycles. The van der Waals surface area contributed by atoms with Crippen LogP contribution in [0.15, 0.2) is 61.3 Å². The van der Waals surface area contributed by atoms with Crippen LogP contribution in [0.1, 0.15) is 39.5 Å². The van der Waals surface area contributed by atoms with Gasteiger partial charge in [0, 0.05) is 37.5 Å². The zero-order valence-electron chi connectivity index (χ0n) is 13.7. The van der Waals surface area contributed by atoms with Crippen LogP contribution in [-0.2, 0) is 4.79 Å². The second-order valence-electron chi connectivity index (χ2n) is 4.85. The molecule has 0 unspecified atom stereocenters. The molecule has 122 valence electrons. The highest BCUT2D eigenvalue weighted by atomic mass is 16.3. The summed E-state index contributed by atoms with van der Waals surface area (Å²) in [6.07, 6.45) is 14.5. The van der Waals surface area contributed by atoms with E-state index < -0.39 is 0 Å². The second-order valence-corrected chi connectivity index (χ2v) is 4.85. The first kappa shape index (κ1) is 19.8. The zero-order valence-corrected chi connectivity index (χ0v) is 13.7. The molecule has 4 heteroatoms. The minimum absolute atomic E-state index is 0.0538. The van der Waals surface area contributed by atoms with Gasteiger partial charge in [-0.3, -0.25) is 4.79 Å². The highest BCUT2D eigenvalue weighted by molar-refractivity contribution is 5.75. The van der Waals surface area contributed by atoms with Gasteiger partial charge in [0.2, 0.25) is 5.91 Å². The lowest BCUT2D eigenvalue weighted by atomic mass is 10.2. The van der Waals surface area contributed by atoms with Gasteiger partial charge in [0.1, 0.15) is 0 Å². The van der Waals surface area contributed by atoms with E-state index in [4.69, 9.17) is 5.11 Å². The highest BCUT2D eigenvalue weighted by Gasteiger charge is 1.99. The normalized spacial score (nSPS) is 13.0. The summed E-state index contributed by atoms with van der Waals surface area (Å²) in [6, 6.07) is 0. The van der Waals surface area contributed by atoms with Crippen LogP contribution in [0.3, 0.4) is 0 Å². The molecule has 0 atom stereocenters. The number of hydrogen-bond acceptors (Lipinski definition) is 3. The monoisotopic (exact) mass is 304 g/mol. The van der Waals surface area contributed by atoms with Gasteiger partial charge in [-0.15, -0.1) is 0 Å². The van der Waals surface area contributed by atoms with Crippen LogP contribution < -0.4 is 5.32 Å². The minimum Gasteiger partial charge on any atom is -0.513 e. The van der Waals surface area contributed by atoms with E-state index in [0.717, 1.165) is 18.7 Å². The van der Waals surface area contributed by atoms with Crippen molar-refractivity contribution in [1.29, 1.82) is 0 Å². The molecule has 0 saturated carbocycles. The first-order chi connectivity index (χ1) is 10.5. The number of carbonyl (C=O) groups is 1. The SMILES string of the molecule is C=C(O)CCCC(=O)NCCC.C=C1C=CC=CN1/C=C\C. The second kappa shape index (κ2) is 12.5. The van der Waals surface area contributed by atoms with E-state index in [9.17, 15) is 4.79 Å². The van der Waals surface area contributed by atoms with Crippen molar-refractivity contribution in [3.63, 3.8) is 0 Å². The summed E-state index contributed by atoms with van der Waals surface area (Å²) >= 11 is 0. The molecule has 1 heterocycles. The van der Waals surface area contributed by atoms with Crippen LogP contribution in [0.4, 0.5) is 0 Å². The maximum Gasteiger partial charge on any atom is 0.220 e. The van der Waals surface area contributed by atoms with Crippen molar-refractivity contribution in [3.05, 3.63) is 61.3 Å².